The number of allylic oxidation sites excluding steroid dienone is 2. The molecule has 5 nitrogen and oxygen atoms in total. The summed E-state index contributed by atoms with van der Waals surface area (Å²) in [5.41, 5.74) is 3.13. The first-order valence-corrected chi connectivity index (χ1v) is 9.42. The minimum atomic E-state index is 0.497. The van der Waals surface area contributed by atoms with E-state index in [1.54, 1.807) is 13.1 Å². The molecule has 1 aromatic carbocycles. The fraction of sp³-hybridized carbons (Fsp3) is 0.500. The van der Waals surface area contributed by atoms with Crippen LogP contribution in [0.3, 0.4) is 0 Å². The summed E-state index contributed by atoms with van der Waals surface area (Å²) in [7, 11) is 3.52. The molecule has 0 bridgehead atoms. The summed E-state index contributed by atoms with van der Waals surface area (Å²) in [5.74, 6) is 0.878. The Balaban J connectivity index is 0.000000321. The number of aliphatic imine (C=N–C) groups is 1. The number of benzene rings is 1. The summed E-state index contributed by atoms with van der Waals surface area (Å²) in [6.07, 6.45) is 7.34. The lowest BCUT2D eigenvalue weighted by Crippen LogP contribution is -2.17. The van der Waals surface area contributed by atoms with Crippen molar-refractivity contribution in [1.82, 2.24) is 10.6 Å². The van der Waals surface area contributed by atoms with Gasteiger partial charge in [-0.05, 0) is 57.1 Å². The van der Waals surface area contributed by atoms with Crippen LogP contribution in [0.25, 0.3) is 0 Å². The molecule has 1 aromatic rings. The lowest BCUT2D eigenvalue weighted by Gasteiger charge is -2.15. The van der Waals surface area contributed by atoms with Gasteiger partial charge < -0.3 is 15.4 Å². The second-order valence-electron chi connectivity index (χ2n) is 5.79. The number of hydrogen-bond acceptors (Lipinski definition) is 5. The molecule has 0 aliphatic carbocycles. The zero-order chi connectivity index (χ0) is 19.2. The quantitative estimate of drug-likeness (QED) is 0.434. The third-order valence-corrected chi connectivity index (χ3v) is 4.23. The lowest BCUT2D eigenvalue weighted by atomic mass is 10.0. The van der Waals surface area contributed by atoms with Crippen LogP contribution in [0.1, 0.15) is 24.5 Å². The number of carbonyl (C=O) groups excluding carboxylic acids is 1. The highest BCUT2D eigenvalue weighted by Gasteiger charge is 2.15. The second kappa shape index (κ2) is 13.5. The number of ether oxygens (including phenoxy) is 1. The highest BCUT2D eigenvalue weighted by Crippen LogP contribution is 2.32. The lowest BCUT2D eigenvalue weighted by molar-refractivity contribution is -0.102. The first-order valence-electron chi connectivity index (χ1n) is 9.04. The number of carbonyl (C=O) groups is 1. The van der Waals surface area contributed by atoms with Gasteiger partial charge in [-0.1, -0.05) is 30.7 Å². The maximum Gasteiger partial charge on any atom is 0.167 e. The van der Waals surface area contributed by atoms with Crippen LogP contribution in [0.2, 0.25) is 5.02 Å². The van der Waals surface area contributed by atoms with Gasteiger partial charge in [0.15, 0.2) is 6.29 Å². The fourth-order valence-electron chi connectivity index (χ4n) is 2.53. The van der Waals surface area contributed by atoms with Crippen LogP contribution >= 0.6 is 11.6 Å². The molecule has 144 valence electrons. The number of aldehydes is 1. The Kier molecular flexibility index (Phi) is 11.6. The third kappa shape index (κ3) is 7.68. The largest absolute Gasteiger partial charge is 0.490 e. The Hall–Kier alpha value is -1.69. The van der Waals surface area contributed by atoms with Crippen LogP contribution in [-0.4, -0.2) is 52.3 Å². The van der Waals surface area contributed by atoms with Crippen molar-refractivity contribution in [2.75, 3.05) is 40.3 Å². The third-order valence-electron chi connectivity index (χ3n) is 3.93. The molecule has 0 saturated heterocycles. The number of rotatable bonds is 7. The summed E-state index contributed by atoms with van der Waals surface area (Å²) in [4.78, 5) is 13.8. The Morgan fingerprint density at radius 2 is 2.15 bits per heavy atom. The van der Waals surface area contributed by atoms with Crippen molar-refractivity contribution in [2.45, 2.75) is 26.2 Å². The molecule has 0 unspecified atom stereocenters. The summed E-state index contributed by atoms with van der Waals surface area (Å²) in [6, 6.07) is 4.07. The van der Waals surface area contributed by atoms with E-state index in [2.05, 4.69) is 21.7 Å². The summed E-state index contributed by atoms with van der Waals surface area (Å²) in [5, 5.41) is 7.19. The zero-order valence-corrected chi connectivity index (χ0v) is 16.7. The van der Waals surface area contributed by atoms with Crippen molar-refractivity contribution in [1.29, 1.82) is 0 Å². The standard InChI is InChI=1S/C13H19ClN2O.C7H11NO/c1-15-8-9-17-13-11-5-7-16-6-4-10(11)2-3-12(13)14;1-3-4-5-7(6-9)8-2/h2-3,15-16H,4-9H2,1H3;4-6H,3H2,1-2H3/b;5-4-,8-7?. The minimum Gasteiger partial charge on any atom is -0.490 e. The molecule has 0 atom stereocenters. The van der Waals surface area contributed by atoms with E-state index in [-0.39, 0.29) is 0 Å². The van der Waals surface area contributed by atoms with Gasteiger partial charge in [-0.25, -0.2) is 0 Å². The van der Waals surface area contributed by atoms with E-state index >= 15 is 0 Å². The molecule has 1 heterocycles. The van der Waals surface area contributed by atoms with Crippen molar-refractivity contribution in [3.05, 3.63) is 40.4 Å². The van der Waals surface area contributed by atoms with Gasteiger partial charge >= 0.3 is 0 Å². The topological polar surface area (TPSA) is 62.7 Å². The van der Waals surface area contributed by atoms with Crippen molar-refractivity contribution >= 4 is 23.6 Å². The average Bonchev–Trinajstić information content (AvgIpc) is 2.91. The van der Waals surface area contributed by atoms with Gasteiger partial charge in [0.2, 0.25) is 0 Å². The van der Waals surface area contributed by atoms with Gasteiger partial charge in [-0.3, -0.25) is 9.79 Å². The number of hydrogen-bond donors (Lipinski definition) is 2. The Morgan fingerprint density at radius 1 is 1.38 bits per heavy atom. The molecule has 0 saturated carbocycles. The maximum absolute atomic E-state index is 10.1. The van der Waals surface area contributed by atoms with Crippen molar-refractivity contribution < 1.29 is 9.53 Å². The van der Waals surface area contributed by atoms with E-state index in [4.69, 9.17) is 16.3 Å². The summed E-state index contributed by atoms with van der Waals surface area (Å²) < 4.78 is 5.81. The van der Waals surface area contributed by atoms with Crippen LogP contribution in [0.15, 0.2) is 29.3 Å². The van der Waals surface area contributed by atoms with Crippen LogP contribution in [0, 0.1) is 0 Å². The first-order chi connectivity index (χ1) is 12.7. The smallest absolute Gasteiger partial charge is 0.167 e. The van der Waals surface area contributed by atoms with E-state index in [0.717, 1.165) is 56.0 Å². The maximum atomic E-state index is 10.1. The van der Waals surface area contributed by atoms with Gasteiger partial charge in [-0.15, -0.1) is 0 Å². The van der Waals surface area contributed by atoms with Crippen LogP contribution in [0.5, 0.6) is 5.75 Å². The number of nitrogens with zero attached hydrogens (tertiary/aromatic N) is 1. The Morgan fingerprint density at radius 3 is 2.81 bits per heavy atom. The molecule has 6 heteroatoms. The summed E-state index contributed by atoms with van der Waals surface area (Å²) >= 11 is 6.23. The Bertz CT molecular complexity index is 615. The van der Waals surface area contributed by atoms with Crippen LogP contribution in [0.4, 0.5) is 0 Å². The predicted molar refractivity (Wildman–Crippen MR) is 110 cm³/mol. The van der Waals surface area contributed by atoms with Crippen LogP contribution < -0.4 is 15.4 Å². The van der Waals surface area contributed by atoms with Crippen LogP contribution in [-0.2, 0) is 17.6 Å². The molecule has 2 N–H and O–H groups in total. The fourth-order valence-corrected chi connectivity index (χ4v) is 2.76. The van der Waals surface area contributed by atoms with Gasteiger partial charge in [-0.2, -0.15) is 0 Å². The Labute approximate surface area is 161 Å². The minimum absolute atomic E-state index is 0.497. The van der Waals surface area contributed by atoms with E-state index in [1.807, 2.05) is 26.1 Å². The van der Waals surface area contributed by atoms with Gasteiger partial charge in [0.05, 0.1) is 10.7 Å². The van der Waals surface area contributed by atoms with Gasteiger partial charge in [0.25, 0.3) is 0 Å². The van der Waals surface area contributed by atoms with Crippen molar-refractivity contribution in [3.8, 4) is 5.75 Å². The van der Waals surface area contributed by atoms with Gasteiger partial charge in [0.1, 0.15) is 12.4 Å². The molecule has 1 aliphatic heterocycles. The summed E-state index contributed by atoms with van der Waals surface area (Å²) in [6.45, 7) is 5.52. The number of likely N-dealkylation sites (N-methyl/N-ethyl adjacent to an activating group) is 1. The molecular formula is C20H30ClN3O2. The number of halogens is 1. The normalized spacial score (nSPS) is 14.2. The zero-order valence-electron chi connectivity index (χ0n) is 16.0. The molecule has 0 fully saturated rings. The van der Waals surface area contributed by atoms with Crippen molar-refractivity contribution in [2.24, 2.45) is 4.99 Å². The molecule has 0 amide bonds. The first kappa shape index (κ1) is 22.4. The monoisotopic (exact) mass is 379 g/mol. The average molecular weight is 380 g/mol. The molecule has 0 aromatic heterocycles. The van der Waals surface area contributed by atoms with E-state index in [0.29, 0.717) is 12.3 Å². The van der Waals surface area contributed by atoms with E-state index in [1.165, 1.54) is 11.1 Å². The van der Waals surface area contributed by atoms with Gasteiger partial charge in [0, 0.05) is 19.2 Å². The van der Waals surface area contributed by atoms with Crippen molar-refractivity contribution in [3.63, 3.8) is 0 Å². The highest BCUT2D eigenvalue weighted by molar-refractivity contribution is 6.33. The molecular weight excluding hydrogens is 350 g/mol. The SMILES string of the molecule is CC/C=C\C(C=O)=NC.CNCCOc1c(Cl)ccc2c1CCNCC2. The molecule has 0 radical (unpaired) electrons. The second-order valence-corrected chi connectivity index (χ2v) is 6.20. The predicted octanol–water partition coefficient (Wildman–Crippen LogP) is 2.85. The molecule has 2 rings (SSSR count). The molecule has 26 heavy (non-hydrogen) atoms. The number of fused-ring (bicyclic) bond motifs is 1. The van der Waals surface area contributed by atoms with E-state index in [9.17, 15) is 4.79 Å². The highest BCUT2D eigenvalue weighted by atomic mass is 35.5. The van der Waals surface area contributed by atoms with E-state index < -0.39 is 0 Å². The number of nitrogens with one attached hydrogen (secondary N) is 2. The molecule has 1 aliphatic rings. The molecule has 0 spiro atoms.